The molecule has 3 rings (SSSR count). The fourth-order valence-electron chi connectivity index (χ4n) is 2.16. The molecule has 0 N–H and O–H groups in total. The van der Waals surface area contributed by atoms with E-state index in [2.05, 4.69) is 36.8 Å². The summed E-state index contributed by atoms with van der Waals surface area (Å²) in [7, 11) is 0. The molecule has 2 aromatic rings. The van der Waals surface area contributed by atoms with Gasteiger partial charge in [0.15, 0.2) is 5.78 Å². The lowest BCUT2D eigenvalue weighted by Gasteiger charge is -2.19. The molecule has 1 fully saturated rings. The number of thiophene rings is 1. The second-order valence-corrected chi connectivity index (χ2v) is 8.63. The minimum Gasteiger partial charge on any atom is -0.468 e. The van der Waals surface area contributed by atoms with Crippen molar-refractivity contribution in [3.8, 4) is 0 Å². The van der Waals surface area contributed by atoms with E-state index in [0.717, 1.165) is 18.9 Å². The third-order valence-electron chi connectivity index (χ3n) is 3.31. The molecule has 1 aliphatic rings. The lowest BCUT2D eigenvalue weighted by Crippen LogP contribution is -2.31. The van der Waals surface area contributed by atoms with Crippen molar-refractivity contribution in [2.45, 2.75) is 25.4 Å². The van der Waals surface area contributed by atoms with Gasteiger partial charge in [-0.15, -0.1) is 11.3 Å². The van der Waals surface area contributed by atoms with E-state index in [1.165, 1.54) is 24.2 Å². The first kappa shape index (κ1) is 14.5. The number of hydrogen-bond donors (Lipinski definition) is 0. The molecule has 2 aromatic heterocycles. The maximum Gasteiger partial charge on any atom is 0.178 e. The summed E-state index contributed by atoms with van der Waals surface area (Å²) < 4.78 is 7.25. The zero-order chi connectivity index (χ0) is 14.1. The standard InChI is InChI=1S/C14H13Br2NO2S/c15-13-6-11(14(16)20-13)12(18)8-17(9-3-4-9)7-10-2-1-5-19-10/h1-2,5-6,9H,3-4,7-8H2. The molecule has 0 unspecified atom stereocenters. The van der Waals surface area contributed by atoms with Gasteiger partial charge in [0.05, 0.1) is 26.9 Å². The third kappa shape index (κ3) is 3.42. The maximum atomic E-state index is 12.4. The maximum absolute atomic E-state index is 12.4. The van der Waals surface area contributed by atoms with Crippen LogP contribution in [0.15, 0.2) is 36.5 Å². The van der Waals surface area contributed by atoms with Crippen LogP contribution in [0.3, 0.4) is 0 Å². The largest absolute Gasteiger partial charge is 0.468 e. The van der Waals surface area contributed by atoms with Crippen LogP contribution in [0.5, 0.6) is 0 Å². The van der Waals surface area contributed by atoms with Crippen molar-refractivity contribution in [2.75, 3.05) is 6.54 Å². The zero-order valence-electron chi connectivity index (χ0n) is 10.6. The van der Waals surface area contributed by atoms with E-state index in [0.29, 0.717) is 19.1 Å². The number of ketones is 1. The molecule has 2 heterocycles. The summed E-state index contributed by atoms with van der Waals surface area (Å²) in [5.74, 6) is 1.06. The summed E-state index contributed by atoms with van der Waals surface area (Å²) in [5.41, 5.74) is 0.756. The smallest absolute Gasteiger partial charge is 0.178 e. The summed E-state index contributed by atoms with van der Waals surface area (Å²) in [6.45, 7) is 1.14. The van der Waals surface area contributed by atoms with Gasteiger partial charge in [-0.2, -0.15) is 0 Å². The quantitative estimate of drug-likeness (QED) is 0.636. The van der Waals surface area contributed by atoms with E-state index in [4.69, 9.17) is 4.42 Å². The van der Waals surface area contributed by atoms with Gasteiger partial charge in [-0.05, 0) is 62.9 Å². The molecule has 0 aliphatic heterocycles. The van der Waals surface area contributed by atoms with Gasteiger partial charge in [-0.1, -0.05) is 0 Å². The van der Waals surface area contributed by atoms with Crippen LogP contribution in [0, 0.1) is 0 Å². The van der Waals surface area contributed by atoms with Crippen LogP contribution in [0.1, 0.15) is 29.0 Å². The number of halogens is 2. The average Bonchev–Trinajstić information content (AvgIpc) is 3.02. The molecular weight excluding hydrogens is 406 g/mol. The Balaban J connectivity index is 1.70. The van der Waals surface area contributed by atoms with Crippen molar-refractivity contribution in [3.63, 3.8) is 0 Å². The van der Waals surface area contributed by atoms with Crippen molar-refractivity contribution in [2.24, 2.45) is 0 Å². The number of nitrogens with zero attached hydrogens (tertiary/aromatic N) is 1. The van der Waals surface area contributed by atoms with Crippen LogP contribution >= 0.6 is 43.2 Å². The molecule has 0 radical (unpaired) electrons. The molecule has 0 atom stereocenters. The summed E-state index contributed by atoms with van der Waals surface area (Å²) in [5, 5.41) is 0. The molecule has 1 saturated carbocycles. The second kappa shape index (κ2) is 6.13. The topological polar surface area (TPSA) is 33.5 Å². The first-order valence-electron chi connectivity index (χ1n) is 6.38. The highest BCUT2D eigenvalue weighted by Gasteiger charge is 2.31. The summed E-state index contributed by atoms with van der Waals surface area (Å²) in [6.07, 6.45) is 4.01. The van der Waals surface area contributed by atoms with Crippen LogP contribution < -0.4 is 0 Å². The Morgan fingerprint density at radius 1 is 1.45 bits per heavy atom. The van der Waals surface area contributed by atoms with Gasteiger partial charge >= 0.3 is 0 Å². The Labute approximate surface area is 138 Å². The van der Waals surface area contributed by atoms with Gasteiger partial charge in [0.25, 0.3) is 0 Å². The highest BCUT2D eigenvalue weighted by Crippen LogP contribution is 2.33. The molecule has 0 amide bonds. The van der Waals surface area contributed by atoms with Gasteiger partial charge < -0.3 is 4.42 Å². The van der Waals surface area contributed by atoms with Crippen LogP contribution in [-0.4, -0.2) is 23.3 Å². The fraction of sp³-hybridized carbons (Fsp3) is 0.357. The van der Waals surface area contributed by atoms with E-state index in [9.17, 15) is 4.79 Å². The molecular formula is C14H13Br2NO2S. The van der Waals surface area contributed by atoms with Crippen molar-refractivity contribution in [1.29, 1.82) is 0 Å². The second-order valence-electron chi connectivity index (χ2n) is 4.88. The SMILES string of the molecule is O=C(CN(Cc1ccco1)C1CC1)c1cc(Br)sc1Br. The van der Waals surface area contributed by atoms with E-state index in [-0.39, 0.29) is 5.78 Å². The van der Waals surface area contributed by atoms with Crippen molar-refractivity contribution in [3.05, 3.63) is 43.4 Å². The van der Waals surface area contributed by atoms with E-state index in [1.54, 1.807) is 6.26 Å². The number of rotatable bonds is 6. The van der Waals surface area contributed by atoms with Gasteiger partial charge in [-0.25, -0.2) is 0 Å². The minimum absolute atomic E-state index is 0.150. The Morgan fingerprint density at radius 2 is 2.25 bits per heavy atom. The lowest BCUT2D eigenvalue weighted by molar-refractivity contribution is 0.0913. The molecule has 1 aliphatic carbocycles. The molecule has 106 valence electrons. The molecule has 0 saturated heterocycles. The van der Waals surface area contributed by atoms with Gasteiger partial charge in [-0.3, -0.25) is 9.69 Å². The van der Waals surface area contributed by atoms with Crippen molar-refractivity contribution in [1.82, 2.24) is 4.90 Å². The molecule has 0 bridgehead atoms. The number of furan rings is 1. The summed E-state index contributed by atoms with van der Waals surface area (Å²) >= 11 is 8.40. The highest BCUT2D eigenvalue weighted by atomic mass is 79.9. The van der Waals surface area contributed by atoms with E-state index < -0.39 is 0 Å². The lowest BCUT2D eigenvalue weighted by atomic mass is 10.2. The predicted octanol–water partition coefficient (Wildman–Crippen LogP) is 4.71. The van der Waals surface area contributed by atoms with Crippen LogP contribution in [0.2, 0.25) is 0 Å². The number of hydrogen-bond acceptors (Lipinski definition) is 4. The minimum atomic E-state index is 0.150. The predicted molar refractivity (Wildman–Crippen MR) is 86.2 cm³/mol. The Hall–Kier alpha value is -0.430. The van der Waals surface area contributed by atoms with Crippen molar-refractivity contribution >= 4 is 49.0 Å². The van der Waals surface area contributed by atoms with Gasteiger partial charge in [0, 0.05) is 11.6 Å². The summed E-state index contributed by atoms with van der Waals surface area (Å²) in [4.78, 5) is 14.6. The molecule has 20 heavy (non-hydrogen) atoms. The Morgan fingerprint density at radius 3 is 2.80 bits per heavy atom. The van der Waals surface area contributed by atoms with Crippen LogP contribution in [-0.2, 0) is 6.54 Å². The number of Topliss-reactive ketones (excluding diaryl/α,β-unsaturated/α-hetero) is 1. The van der Waals surface area contributed by atoms with Gasteiger partial charge in [0.2, 0.25) is 0 Å². The normalized spacial score (nSPS) is 14.9. The van der Waals surface area contributed by atoms with E-state index in [1.807, 2.05) is 18.2 Å². The molecule has 6 heteroatoms. The fourth-order valence-corrected chi connectivity index (χ4v) is 5.01. The number of carbonyl (C=O) groups excluding carboxylic acids is 1. The first-order chi connectivity index (χ1) is 9.63. The zero-order valence-corrected chi connectivity index (χ0v) is 14.6. The van der Waals surface area contributed by atoms with Crippen LogP contribution in [0.25, 0.3) is 0 Å². The monoisotopic (exact) mass is 417 g/mol. The van der Waals surface area contributed by atoms with Crippen LogP contribution in [0.4, 0.5) is 0 Å². The van der Waals surface area contributed by atoms with Gasteiger partial charge in [0.1, 0.15) is 5.76 Å². The molecule has 0 spiro atoms. The first-order valence-corrected chi connectivity index (χ1v) is 8.78. The molecule has 0 aromatic carbocycles. The third-order valence-corrected chi connectivity index (χ3v) is 5.65. The van der Waals surface area contributed by atoms with E-state index >= 15 is 0 Å². The highest BCUT2D eigenvalue weighted by molar-refractivity contribution is 9.12. The average molecular weight is 419 g/mol. The molecule has 3 nitrogen and oxygen atoms in total. The Kier molecular flexibility index (Phi) is 4.45. The number of carbonyl (C=O) groups is 1. The Bertz CT molecular complexity index is 605. The van der Waals surface area contributed by atoms with Crippen molar-refractivity contribution < 1.29 is 9.21 Å². The summed E-state index contributed by atoms with van der Waals surface area (Å²) in [6, 6.07) is 6.24.